The van der Waals surface area contributed by atoms with Crippen LogP contribution in [0, 0.1) is 18.3 Å². The Balaban J connectivity index is 2.03. The molecule has 0 aromatic carbocycles. The molecule has 1 aromatic heterocycles. The van der Waals surface area contributed by atoms with Crippen molar-refractivity contribution < 1.29 is 0 Å². The van der Waals surface area contributed by atoms with E-state index in [9.17, 15) is 0 Å². The van der Waals surface area contributed by atoms with Crippen molar-refractivity contribution in [2.75, 3.05) is 6.54 Å². The summed E-state index contributed by atoms with van der Waals surface area (Å²) >= 11 is 0. The minimum atomic E-state index is 0.621. The molecule has 2 rings (SSSR count). The molecule has 0 amide bonds. The number of aryl methyl sites for hydroxylation is 2. The van der Waals surface area contributed by atoms with Gasteiger partial charge in [0.1, 0.15) is 0 Å². The summed E-state index contributed by atoms with van der Waals surface area (Å²) in [6.07, 6.45) is 3.19. The van der Waals surface area contributed by atoms with E-state index in [1.165, 1.54) is 18.5 Å². The molecule has 1 aliphatic carbocycles. The topological polar surface area (TPSA) is 44.9 Å². The summed E-state index contributed by atoms with van der Waals surface area (Å²) in [5, 5.41) is 13.2. The van der Waals surface area contributed by atoms with E-state index in [0.29, 0.717) is 12.5 Å². The van der Waals surface area contributed by atoms with Gasteiger partial charge >= 0.3 is 0 Å². The molecule has 4 nitrogen and oxygen atoms in total. The molecule has 1 saturated carbocycles. The monoisotopic (exact) mass is 232 g/mol. The van der Waals surface area contributed by atoms with Gasteiger partial charge in [-0.3, -0.25) is 9.58 Å². The summed E-state index contributed by atoms with van der Waals surface area (Å²) < 4.78 is 2.07. The average molecular weight is 232 g/mol. The fourth-order valence-electron chi connectivity index (χ4n) is 2.23. The second-order valence-electron chi connectivity index (χ2n) is 4.70. The number of nitrogens with zero attached hydrogens (tertiary/aromatic N) is 4. The lowest BCUT2D eigenvalue weighted by molar-refractivity contribution is 0.252. The van der Waals surface area contributed by atoms with Crippen molar-refractivity contribution in [3.63, 3.8) is 0 Å². The number of hydrogen-bond acceptors (Lipinski definition) is 3. The zero-order chi connectivity index (χ0) is 12.3. The van der Waals surface area contributed by atoms with Crippen molar-refractivity contribution in [2.45, 2.75) is 52.2 Å². The van der Waals surface area contributed by atoms with Crippen molar-refractivity contribution >= 4 is 0 Å². The van der Waals surface area contributed by atoms with E-state index in [0.717, 1.165) is 25.3 Å². The Bertz CT molecular complexity index is 412. The van der Waals surface area contributed by atoms with Gasteiger partial charge in [0.05, 0.1) is 17.5 Å². The van der Waals surface area contributed by atoms with Crippen LogP contribution in [-0.2, 0) is 13.1 Å². The normalized spacial score (nSPS) is 15.2. The fraction of sp³-hybridized carbons (Fsp3) is 0.692. The van der Waals surface area contributed by atoms with E-state index < -0.39 is 0 Å². The van der Waals surface area contributed by atoms with Crippen LogP contribution in [0.1, 0.15) is 37.6 Å². The van der Waals surface area contributed by atoms with E-state index in [2.05, 4.69) is 33.7 Å². The third-order valence-electron chi connectivity index (χ3n) is 3.22. The highest BCUT2D eigenvalue weighted by Crippen LogP contribution is 2.28. The van der Waals surface area contributed by atoms with Gasteiger partial charge in [-0.25, -0.2) is 0 Å². The summed E-state index contributed by atoms with van der Waals surface area (Å²) in [6.45, 7) is 6.88. The second kappa shape index (κ2) is 5.33. The van der Waals surface area contributed by atoms with Gasteiger partial charge in [-0.2, -0.15) is 10.4 Å². The Kier molecular flexibility index (Phi) is 3.80. The minimum Gasteiger partial charge on any atom is -0.294 e. The fourth-order valence-corrected chi connectivity index (χ4v) is 2.23. The molecule has 0 bridgehead atoms. The summed E-state index contributed by atoms with van der Waals surface area (Å²) in [4.78, 5) is 2.42. The summed E-state index contributed by atoms with van der Waals surface area (Å²) in [5.41, 5.74) is 2.35. The first-order valence-electron chi connectivity index (χ1n) is 6.39. The highest BCUT2D eigenvalue weighted by atomic mass is 15.3. The number of hydrogen-bond donors (Lipinski definition) is 0. The third kappa shape index (κ3) is 3.07. The number of rotatable bonds is 6. The van der Waals surface area contributed by atoms with E-state index in [-0.39, 0.29) is 0 Å². The first-order valence-corrected chi connectivity index (χ1v) is 6.39. The Morgan fingerprint density at radius 3 is 2.94 bits per heavy atom. The zero-order valence-electron chi connectivity index (χ0n) is 10.7. The van der Waals surface area contributed by atoms with Crippen molar-refractivity contribution in [3.05, 3.63) is 17.5 Å². The van der Waals surface area contributed by atoms with Crippen LogP contribution in [0.2, 0.25) is 0 Å². The molecular formula is C13H20N4. The molecule has 0 N–H and O–H groups in total. The number of nitriles is 1. The SMILES string of the molecule is CCn1nc(C)cc1CN(CCC#N)C1CC1. The standard InChI is InChI=1S/C13H20N4/c1-3-17-13(9-11(2)15-17)10-16(8-4-7-14)12-5-6-12/h9,12H,3-6,8,10H2,1-2H3. The maximum atomic E-state index is 8.69. The van der Waals surface area contributed by atoms with Crippen LogP contribution in [0.5, 0.6) is 0 Å². The van der Waals surface area contributed by atoms with Gasteiger partial charge in [0.2, 0.25) is 0 Å². The van der Waals surface area contributed by atoms with Gasteiger partial charge in [-0.05, 0) is 32.8 Å². The van der Waals surface area contributed by atoms with Gasteiger partial charge in [0, 0.05) is 32.1 Å². The molecule has 0 unspecified atom stereocenters. The van der Waals surface area contributed by atoms with Crippen molar-refractivity contribution in [1.82, 2.24) is 14.7 Å². The first kappa shape index (κ1) is 12.1. The molecule has 1 aromatic rings. The highest BCUT2D eigenvalue weighted by molar-refractivity contribution is 5.09. The first-order chi connectivity index (χ1) is 8.24. The highest BCUT2D eigenvalue weighted by Gasteiger charge is 2.29. The van der Waals surface area contributed by atoms with Crippen LogP contribution < -0.4 is 0 Å². The van der Waals surface area contributed by atoms with Crippen LogP contribution in [0.4, 0.5) is 0 Å². The van der Waals surface area contributed by atoms with Crippen LogP contribution in [0.15, 0.2) is 6.07 Å². The lowest BCUT2D eigenvalue weighted by atomic mass is 10.3. The maximum Gasteiger partial charge on any atom is 0.0635 e. The van der Waals surface area contributed by atoms with Crippen LogP contribution in [0.25, 0.3) is 0 Å². The molecule has 1 heterocycles. The van der Waals surface area contributed by atoms with Gasteiger partial charge < -0.3 is 0 Å². The van der Waals surface area contributed by atoms with Crippen LogP contribution in [-0.4, -0.2) is 27.3 Å². The van der Waals surface area contributed by atoms with Crippen LogP contribution >= 0.6 is 0 Å². The quantitative estimate of drug-likeness (QED) is 0.754. The molecule has 92 valence electrons. The second-order valence-corrected chi connectivity index (χ2v) is 4.70. The molecule has 0 spiro atoms. The molecule has 0 atom stereocenters. The smallest absolute Gasteiger partial charge is 0.0635 e. The summed E-state index contributed by atoms with van der Waals surface area (Å²) in [5.74, 6) is 0. The van der Waals surface area contributed by atoms with E-state index in [1.807, 2.05) is 6.92 Å². The van der Waals surface area contributed by atoms with Crippen molar-refractivity contribution in [2.24, 2.45) is 0 Å². The number of aromatic nitrogens is 2. The summed E-state index contributed by atoms with van der Waals surface area (Å²) in [6, 6.07) is 5.09. The van der Waals surface area contributed by atoms with Crippen LogP contribution in [0.3, 0.4) is 0 Å². The molecule has 0 aliphatic heterocycles. The zero-order valence-corrected chi connectivity index (χ0v) is 10.7. The molecule has 0 radical (unpaired) electrons. The Hall–Kier alpha value is -1.34. The third-order valence-corrected chi connectivity index (χ3v) is 3.22. The van der Waals surface area contributed by atoms with Gasteiger partial charge in [-0.1, -0.05) is 0 Å². The average Bonchev–Trinajstić information content (AvgIpc) is 3.09. The van der Waals surface area contributed by atoms with E-state index >= 15 is 0 Å². The molecular weight excluding hydrogens is 212 g/mol. The lowest BCUT2D eigenvalue weighted by Crippen LogP contribution is -2.27. The van der Waals surface area contributed by atoms with Gasteiger partial charge in [0.15, 0.2) is 0 Å². The van der Waals surface area contributed by atoms with E-state index in [4.69, 9.17) is 5.26 Å². The van der Waals surface area contributed by atoms with Crippen molar-refractivity contribution in [1.29, 1.82) is 5.26 Å². The molecule has 4 heteroatoms. The molecule has 1 fully saturated rings. The largest absolute Gasteiger partial charge is 0.294 e. The van der Waals surface area contributed by atoms with E-state index in [1.54, 1.807) is 0 Å². The summed E-state index contributed by atoms with van der Waals surface area (Å²) in [7, 11) is 0. The van der Waals surface area contributed by atoms with Gasteiger partial charge in [-0.15, -0.1) is 0 Å². The molecule has 0 saturated heterocycles. The van der Waals surface area contributed by atoms with Gasteiger partial charge in [0.25, 0.3) is 0 Å². The Morgan fingerprint density at radius 2 is 2.35 bits per heavy atom. The Morgan fingerprint density at radius 1 is 1.59 bits per heavy atom. The maximum absolute atomic E-state index is 8.69. The lowest BCUT2D eigenvalue weighted by Gasteiger charge is -2.20. The predicted octanol–water partition coefficient (Wildman–Crippen LogP) is 2.09. The minimum absolute atomic E-state index is 0.621. The molecule has 1 aliphatic rings. The predicted molar refractivity (Wildman–Crippen MR) is 66.3 cm³/mol. The van der Waals surface area contributed by atoms with Crippen molar-refractivity contribution in [3.8, 4) is 6.07 Å². The Labute approximate surface area is 103 Å². The molecule has 17 heavy (non-hydrogen) atoms.